The van der Waals surface area contributed by atoms with Crippen molar-refractivity contribution in [1.82, 2.24) is 5.32 Å². The second-order valence-corrected chi connectivity index (χ2v) is 4.22. The van der Waals surface area contributed by atoms with E-state index in [1.54, 1.807) is 17.8 Å². The maximum Gasteiger partial charge on any atom is 0.256 e. The highest BCUT2D eigenvalue weighted by Crippen LogP contribution is 2.15. The van der Waals surface area contributed by atoms with Gasteiger partial charge in [0, 0.05) is 18.1 Å². The number of furan rings is 1. The van der Waals surface area contributed by atoms with Crippen LogP contribution in [0.4, 0.5) is 0 Å². The molecule has 0 aliphatic carbocycles. The van der Waals surface area contributed by atoms with Gasteiger partial charge in [0.05, 0.1) is 11.8 Å². The van der Waals surface area contributed by atoms with Crippen molar-refractivity contribution >= 4 is 29.3 Å². The fourth-order valence-corrected chi connectivity index (χ4v) is 1.73. The van der Waals surface area contributed by atoms with E-state index in [1.807, 2.05) is 6.08 Å². The van der Waals surface area contributed by atoms with Crippen molar-refractivity contribution in [2.75, 3.05) is 18.1 Å². The van der Waals surface area contributed by atoms with Gasteiger partial charge in [0.15, 0.2) is 0 Å². The van der Waals surface area contributed by atoms with Gasteiger partial charge in [-0.3, -0.25) is 4.79 Å². The van der Waals surface area contributed by atoms with Crippen molar-refractivity contribution in [2.45, 2.75) is 0 Å². The van der Waals surface area contributed by atoms with Gasteiger partial charge in [-0.1, -0.05) is 6.08 Å². The number of hydrogen-bond donors (Lipinski definition) is 1. The van der Waals surface area contributed by atoms with Crippen molar-refractivity contribution in [3.05, 3.63) is 35.8 Å². The second-order valence-electron chi connectivity index (χ2n) is 2.73. The normalized spacial score (nSPS) is 9.93. The van der Waals surface area contributed by atoms with Crippen molar-refractivity contribution in [3.8, 4) is 0 Å². The van der Waals surface area contributed by atoms with Gasteiger partial charge in [-0.15, -0.1) is 6.58 Å². The Labute approximate surface area is 97.9 Å². The predicted octanol–water partition coefficient (Wildman–Crippen LogP) is 2.58. The predicted molar refractivity (Wildman–Crippen MR) is 63.6 cm³/mol. The Kier molecular flexibility index (Phi) is 5.36. The summed E-state index contributed by atoms with van der Waals surface area (Å²) >= 11 is 7.36. The zero-order valence-corrected chi connectivity index (χ0v) is 9.74. The number of thioether (sulfide) groups is 1. The highest BCUT2D eigenvalue weighted by Gasteiger charge is 2.11. The molecule has 15 heavy (non-hydrogen) atoms. The summed E-state index contributed by atoms with van der Waals surface area (Å²) in [6, 6.07) is 1.55. The molecule has 82 valence electrons. The summed E-state index contributed by atoms with van der Waals surface area (Å²) in [5.74, 6) is 1.54. The zero-order valence-electron chi connectivity index (χ0n) is 8.16. The van der Waals surface area contributed by atoms with E-state index in [4.69, 9.17) is 16.0 Å². The van der Waals surface area contributed by atoms with Crippen molar-refractivity contribution in [3.63, 3.8) is 0 Å². The van der Waals surface area contributed by atoms with Gasteiger partial charge in [0.1, 0.15) is 0 Å². The molecule has 1 heterocycles. The molecule has 0 aliphatic heterocycles. The fourth-order valence-electron chi connectivity index (χ4n) is 0.954. The molecule has 1 rings (SSSR count). The van der Waals surface area contributed by atoms with Crippen LogP contribution in [0, 0.1) is 0 Å². The summed E-state index contributed by atoms with van der Waals surface area (Å²) in [5, 5.41) is 2.88. The third-order valence-corrected chi connectivity index (χ3v) is 2.89. The number of hydrogen-bond acceptors (Lipinski definition) is 3. The van der Waals surface area contributed by atoms with Crippen LogP contribution in [0.25, 0.3) is 0 Å². The molecule has 5 heteroatoms. The number of halogens is 1. The molecule has 0 aliphatic rings. The molecular weight excluding hydrogens is 234 g/mol. The molecule has 1 N–H and O–H groups in total. The standard InChI is InChI=1S/C10H12ClNO2S/c1-2-6-15-7-4-12-10(13)8-3-5-14-9(8)11/h2-3,5H,1,4,6-7H2,(H,12,13). The number of carbonyl (C=O) groups is 1. The smallest absolute Gasteiger partial charge is 0.256 e. The van der Waals surface area contributed by atoms with Crippen LogP contribution in [-0.2, 0) is 0 Å². The van der Waals surface area contributed by atoms with Gasteiger partial charge in [0.25, 0.3) is 5.91 Å². The first-order valence-corrected chi connectivity index (χ1v) is 5.99. The molecular formula is C10H12ClNO2S. The molecule has 0 radical (unpaired) electrons. The van der Waals surface area contributed by atoms with E-state index in [9.17, 15) is 4.79 Å². The lowest BCUT2D eigenvalue weighted by molar-refractivity contribution is 0.0956. The largest absolute Gasteiger partial charge is 0.452 e. The van der Waals surface area contributed by atoms with Crippen molar-refractivity contribution in [2.24, 2.45) is 0 Å². The summed E-state index contributed by atoms with van der Waals surface area (Å²) < 4.78 is 4.82. The van der Waals surface area contributed by atoms with E-state index in [2.05, 4.69) is 11.9 Å². The molecule has 0 atom stereocenters. The van der Waals surface area contributed by atoms with Crippen LogP contribution in [0.3, 0.4) is 0 Å². The molecule has 0 aromatic carbocycles. The number of rotatable bonds is 6. The van der Waals surface area contributed by atoms with Gasteiger partial charge in [-0.05, 0) is 17.7 Å². The monoisotopic (exact) mass is 245 g/mol. The molecule has 0 bridgehead atoms. The molecule has 0 unspecified atom stereocenters. The van der Waals surface area contributed by atoms with Crippen LogP contribution in [0.5, 0.6) is 0 Å². The van der Waals surface area contributed by atoms with Gasteiger partial charge in [0.2, 0.25) is 5.22 Å². The van der Waals surface area contributed by atoms with Crippen LogP contribution >= 0.6 is 23.4 Å². The Balaban J connectivity index is 2.25. The van der Waals surface area contributed by atoms with Gasteiger partial charge < -0.3 is 9.73 Å². The number of carbonyl (C=O) groups excluding carboxylic acids is 1. The third-order valence-electron chi connectivity index (χ3n) is 1.63. The van der Waals surface area contributed by atoms with Crippen LogP contribution in [0.15, 0.2) is 29.4 Å². The van der Waals surface area contributed by atoms with E-state index in [0.717, 1.165) is 11.5 Å². The summed E-state index contributed by atoms with van der Waals surface area (Å²) in [5.41, 5.74) is 0.380. The minimum absolute atomic E-state index is 0.131. The molecule has 3 nitrogen and oxygen atoms in total. The third kappa shape index (κ3) is 4.01. The average molecular weight is 246 g/mol. The van der Waals surface area contributed by atoms with Crippen LogP contribution in [0.1, 0.15) is 10.4 Å². The Morgan fingerprint density at radius 3 is 3.13 bits per heavy atom. The summed E-state index contributed by atoms with van der Waals surface area (Å²) in [4.78, 5) is 11.5. The second kappa shape index (κ2) is 6.58. The van der Waals surface area contributed by atoms with Crippen LogP contribution in [-0.4, -0.2) is 24.0 Å². The first-order valence-electron chi connectivity index (χ1n) is 4.45. The first kappa shape index (κ1) is 12.2. The highest BCUT2D eigenvalue weighted by molar-refractivity contribution is 7.99. The summed E-state index contributed by atoms with van der Waals surface area (Å²) in [7, 11) is 0. The lowest BCUT2D eigenvalue weighted by atomic mass is 10.3. The minimum Gasteiger partial charge on any atom is -0.452 e. The number of nitrogens with one attached hydrogen (secondary N) is 1. The maximum absolute atomic E-state index is 11.5. The Morgan fingerprint density at radius 1 is 1.73 bits per heavy atom. The Bertz CT molecular complexity index is 338. The molecule has 1 amide bonds. The zero-order chi connectivity index (χ0) is 11.1. The molecule has 0 fully saturated rings. The maximum atomic E-state index is 11.5. The van der Waals surface area contributed by atoms with Crippen LogP contribution < -0.4 is 5.32 Å². The van der Waals surface area contributed by atoms with Gasteiger partial charge in [-0.25, -0.2) is 0 Å². The van der Waals surface area contributed by atoms with Gasteiger partial charge in [-0.2, -0.15) is 11.8 Å². The van der Waals surface area contributed by atoms with E-state index in [0.29, 0.717) is 12.1 Å². The topological polar surface area (TPSA) is 42.2 Å². The van der Waals surface area contributed by atoms with E-state index < -0.39 is 0 Å². The summed E-state index contributed by atoms with van der Waals surface area (Å²) in [6.07, 6.45) is 3.23. The Hall–Kier alpha value is -0.870. The Morgan fingerprint density at radius 2 is 2.53 bits per heavy atom. The van der Waals surface area contributed by atoms with Crippen LogP contribution in [0.2, 0.25) is 5.22 Å². The molecule has 0 saturated heterocycles. The first-order chi connectivity index (χ1) is 7.25. The van der Waals surface area contributed by atoms with E-state index in [-0.39, 0.29) is 11.1 Å². The lowest BCUT2D eigenvalue weighted by Gasteiger charge is -2.02. The average Bonchev–Trinajstić information content (AvgIpc) is 2.64. The van der Waals surface area contributed by atoms with E-state index in [1.165, 1.54) is 6.26 Å². The number of amides is 1. The SMILES string of the molecule is C=CCSCCNC(=O)c1ccoc1Cl. The molecule has 0 spiro atoms. The van der Waals surface area contributed by atoms with E-state index >= 15 is 0 Å². The van der Waals surface area contributed by atoms with Gasteiger partial charge >= 0.3 is 0 Å². The van der Waals surface area contributed by atoms with Crippen molar-refractivity contribution < 1.29 is 9.21 Å². The molecule has 0 saturated carbocycles. The molecule has 1 aromatic rings. The quantitative estimate of drug-likeness (QED) is 0.619. The lowest BCUT2D eigenvalue weighted by Crippen LogP contribution is -2.25. The highest BCUT2D eigenvalue weighted by atomic mass is 35.5. The minimum atomic E-state index is -0.201. The molecule has 1 aromatic heterocycles. The van der Waals surface area contributed by atoms with Crippen molar-refractivity contribution in [1.29, 1.82) is 0 Å². The summed E-state index contributed by atoms with van der Waals surface area (Å²) in [6.45, 7) is 4.22. The fraction of sp³-hybridized carbons (Fsp3) is 0.300.